The topological polar surface area (TPSA) is 98.2 Å². The molecule has 18 heavy (non-hydrogen) atoms. The van der Waals surface area contributed by atoms with Gasteiger partial charge in [-0.15, -0.1) is 0 Å². The van der Waals surface area contributed by atoms with Crippen molar-refractivity contribution >= 4 is 16.2 Å². The molecule has 0 saturated carbocycles. The van der Waals surface area contributed by atoms with Gasteiger partial charge in [-0.25, -0.2) is 0 Å². The van der Waals surface area contributed by atoms with Crippen molar-refractivity contribution in [2.45, 2.75) is 25.4 Å². The predicted octanol–water partition coefficient (Wildman–Crippen LogP) is -0.906. The van der Waals surface area contributed by atoms with Crippen LogP contribution in [0.4, 0.5) is 0 Å². The van der Waals surface area contributed by atoms with E-state index in [1.54, 1.807) is 0 Å². The van der Waals surface area contributed by atoms with Crippen LogP contribution in [-0.4, -0.2) is 65.5 Å². The summed E-state index contributed by atoms with van der Waals surface area (Å²) in [7, 11) is -3.53. The maximum absolute atomic E-state index is 12.2. The smallest absolute Gasteiger partial charge is 0.306 e. The Kier molecular flexibility index (Phi) is 3.90. The van der Waals surface area contributed by atoms with Gasteiger partial charge in [0.1, 0.15) is 0 Å². The molecule has 0 unspecified atom stereocenters. The van der Waals surface area contributed by atoms with Crippen molar-refractivity contribution in [3.05, 3.63) is 0 Å². The van der Waals surface area contributed by atoms with Crippen molar-refractivity contribution in [3.63, 3.8) is 0 Å². The fourth-order valence-corrected chi connectivity index (χ4v) is 4.11. The highest BCUT2D eigenvalue weighted by molar-refractivity contribution is 7.86. The van der Waals surface area contributed by atoms with Crippen molar-refractivity contribution in [3.8, 4) is 0 Å². The minimum atomic E-state index is -3.53. The van der Waals surface area contributed by atoms with E-state index in [4.69, 9.17) is 5.11 Å². The molecule has 0 aromatic carbocycles. The highest BCUT2D eigenvalue weighted by Gasteiger charge is 2.37. The van der Waals surface area contributed by atoms with Gasteiger partial charge in [0.25, 0.3) is 10.2 Å². The number of aliphatic carboxylic acids is 1. The van der Waals surface area contributed by atoms with E-state index in [2.05, 4.69) is 0 Å². The summed E-state index contributed by atoms with van der Waals surface area (Å²) in [6.07, 6.45) is 0.581. The molecule has 2 aliphatic heterocycles. The van der Waals surface area contributed by atoms with Crippen molar-refractivity contribution in [1.29, 1.82) is 0 Å². The Morgan fingerprint density at radius 2 is 1.61 bits per heavy atom. The number of carboxylic acids is 1. The molecule has 0 aromatic rings. The molecule has 2 fully saturated rings. The summed E-state index contributed by atoms with van der Waals surface area (Å²) in [5.74, 6) is -1.30. The van der Waals surface area contributed by atoms with E-state index < -0.39 is 28.2 Å². The number of aliphatic hydroxyl groups excluding tert-OH is 1. The summed E-state index contributed by atoms with van der Waals surface area (Å²) >= 11 is 0. The second-order valence-corrected chi connectivity index (χ2v) is 6.75. The third-order valence-corrected chi connectivity index (χ3v) is 5.58. The zero-order valence-corrected chi connectivity index (χ0v) is 10.8. The third-order valence-electron chi connectivity index (χ3n) is 3.58. The first-order valence-electron chi connectivity index (χ1n) is 6.07. The van der Waals surface area contributed by atoms with Gasteiger partial charge < -0.3 is 10.2 Å². The van der Waals surface area contributed by atoms with Crippen LogP contribution in [0.5, 0.6) is 0 Å². The molecule has 2 saturated heterocycles. The average molecular weight is 278 g/mol. The van der Waals surface area contributed by atoms with Crippen LogP contribution in [0.2, 0.25) is 0 Å². The van der Waals surface area contributed by atoms with Gasteiger partial charge in [0.15, 0.2) is 0 Å². The van der Waals surface area contributed by atoms with Crippen LogP contribution in [0.15, 0.2) is 0 Å². The number of carbonyl (C=O) groups is 1. The maximum Gasteiger partial charge on any atom is 0.306 e. The molecule has 0 aliphatic carbocycles. The van der Waals surface area contributed by atoms with Gasteiger partial charge in [0.2, 0.25) is 0 Å². The van der Waals surface area contributed by atoms with E-state index in [0.717, 1.165) is 0 Å². The summed E-state index contributed by atoms with van der Waals surface area (Å²) in [6, 6.07) is 0. The fraction of sp³-hybridized carbons (Fsp3) is 0.900. The number of nitrogens with zero attached hydrogens (tertiary/aromatic N) is 2. The fourth-order valence-electron chi connectivity index (χ4n) is 2.42. The van der Waals surface area contributed by atoms with E-state index in [0.29, 0.717) is 25.8 Å². The van der Waals surface area contributed by atoms with Gasteiger partial charge in [-0.3, -0.25) is 4.79 Å². The van der Waals surface area contributed by atoms with Crippen LogP contribution in [0, 0.1) is 5.92 Å². The molecule has 0 aromatic heterocycles. The van der Waals surface area contributed by atoms with Crippen LogP contribution in [0.3, 0.4) is 0 Å². The Morgan fingerprint density at radius 3 is 2.06 bits per heavy atom. The van der Waals surface area contributed by atoms with E-state index in [1.165, 1.54) is 8.61 Å². The summed E-state index contributed by atoms with van der Waals surface area (Å²) in [6.45, 7) is 0.960. The SMILES string of the molecule is O=C(O)C1CCN(S(=O)(=O)N2CC[C@@H](O)C2)CC1. The number of aliphatic hydroxyl groups is 1. The molecule has 2 rings (SSSR count). The Morgan fingerprint density at radius 1 is 1.06 bits per heavy atom. The van der Waals surface area contributed by atoms with Crippen molar-refractivity contribution in [1.82, 2.24) is 8.61 Å². The lowest BCUT2D eigenvalue weighted by molar-refractivity contribution is -0.142. The van der Waals surface area contributed by atoms with Crippen molar-refractivity contribution in [2.24, 2.45) is 5.92 Å². The van der Waals surface area contributed by atoms with Gasteiger partial charge in [-0.1, -0.05) is 0 Å². The van der Waals surface area contributed by atoms with Crippen LogP contribution in [-0.2, 0) is 15.0 Å². The first-order chi connectivity index (χ1) is 8.41. The number of hydrogen-bond acceptors (Lipinski definition) is 4. The van der Waals surface area contributed by atoms with E-state index in [1.807, 2.05) is 0 Å². The second kappa shape index (κ2) is 5.12. The predicted molar refractivity (Wildman–Crippen MR) is 63.0 cm³/mol. The average Bonchev–Trinajstić information content (AvgIpc) is 2.76. The molecule has 0 radical (unpaired) electrons. The Hall–Kier alpha value is -0.700. The molecular formula is C10H18N2O5S. The van der Waals surface area contributed by atoms with Gasteiger partial charge >= 0.3 is 5.97 Å². The number of carboxylic acid groups (broad SMARTS) is 1. The highest BCUT2D eigenvalue weighted by atomic mass is 32.2. The summed E-state index contributed by atoms with van der Waals surface area (Å²) in [4.78, 5) is 10.8. The number of hydrogen-bond donors (Lipinski definition) is 2. The first kappa shape index (κ1) is 13.7. The molecule has 2 heterocycles. The molecule has 104 valence electrons. The maximum atomic E-state index is 12.2. The number of rotatable bonds is 3. The van der Waals surface area contributed by atoms with Crippen molar-refractivity contribution in [2.75, 3.05) is 26.2 Å². The van der Waals surface area contributed by atoms with Gasteiger partial charge in [0.05, 0.1) is 12.0 Å². The minimum Gasteiger partial charge on any atom is -0.481 e. The van der Waals surface area contributed by atoms with Gasteiger partial charge in [0, 0.05) is 26.2 Å². The zero-order valence-electron chi connectivity index (χ0n) is 10.0. The van der Waals surface area contributed by atoms with Gasteiger partial charge in [-0.2, -0.15) is 17.0 Å². The Bertz CT molecular complexity index is 416. The van der Waals surface area contributed by atoms with Crippen LogP contribution in [0.25, 0.3) is 0 Å². The summed E-state index contributed by atoms with van der Waals surface area (Å²) < 4.78 is 27.0. The third kappa shape index (κ3) is 2.66. The quantitative estimate of drug-likeness (QED) is 0.697. The van der Waals surface area contributed by atoms with E-state index in [-0.39, 0.29) is 19.6 Å². The molecule has 8 heteroatoms. The molecule has 1 atom stereocenters. The minimum absolute atomic E-state index is 0.140. The second-order valence-electron chi connectivity index (χ2n) is 4.82. The molecular weight excluding hydrogens is 260 g/mol. The molecule has 2 N–H and O–H groups in total. The van der Waals surface area contributed by atoms with Gasteiger partial charge in [-0.05, 0) is 19.3 Å². The van der Waals surface area contributed by atoms with Crippen LogP contribution in [0.1, 0.15) is 19.3 Å². The number of piperidine rings is 1. The zero-order chi connectivity index (χ0) is 13.3. The lowest BCUT2D eigenvalue weighted by Gasteiger charge is -2.32. The van der Waals surface area contributed by atoms with E-state index >= 15 is 0 Å². The van der Waals surface area contributed by atoms with Crippen LogP contribution >= 0.6 is 0 Å². The molecule has 7 nitrogen and oxygen atoms in total. The normalized spacial score (nSPS) is 28.6. The highest BCUT2D eigenvalue weighted by Crippen LogP contribution is 2.23. The standard InChI is InChI=1S/C10H18N2O5S/c13-9-3-6-12(7-9)18(16,17)11-4-1-8(2-5-11)10(14)15/h8-9,13H,1-7H2,(H,14,15)/t9-/m1/s1. The Labute approximate surface area is 106 Å². The lowest BCUT2D eigenvalue weighted by Crippen LogP contribution is -2.47. The summed E-state index contributed by atoms with van der Waals surface area (Å²) in [5, 5.41) is 18.2. The largest absolute Gasteiger partial charge is 0.481 e. The Balaban J connectivity index is 1.98. The lowest BCUT2D eigenvalue weighted by atomic mass is 9.99. The molecule has 2 aliphatic rings. The molecule has 0 bridgehead atoms. The van der Waals surface area contributed by atoms with E-state index in [9.17, 15) is 18.3 Å². The molecule has 0 spiro atoms. The van der Waals surface area contributed by atoms with Crippen LogP contribution < -0.4 is 0 Å². The summed E-state index contributed by atoms with van der Waals surface area (Å²) in [5.41, 5.74) is 0. The first-order valence-corrected chi connectivity index (χ1v) is 7.47. The monoisotopic (exact) mass is 278 g/mol. The van der Waals surface area contributed by atoms with Crippen molar-refractivity contribution < 1.29 is 23.4 Å². The number of β-amino-alcohol motifs (C(OH)–C–C–N with tert-alkyl or cyclic N) is 1. The molecule has 0 amide bonds.